The van der Waals surface area contributed by atoms with Crippen LogP contribution in [0.4, 0.5) is 0 Å². The molecular weight excluding hydrogens is 582 g/mol. The van der Waals surface area contributed by atoms with Gasteiger partial charge < -0.3 is 33.7 Å². The van der Waals surface area contributed by atoms with Gasteiger partial charge in [0.2, 0.25) is 5.91 Å². The third kappa shape index (κ3) is 6.15. The van der Waals surface area contributed by atoms with E-state index in [-0.39, 0.29) is 30.3 Å². The first-order chi connectivity index (χ1) is 22.6. The lowest BCUT2D eigenvalue weighted by Crippen LogP contribution is -2.68. The lowest BCUT2D eigenvalue weighted by atomic mass is 9.92. The molecule has 242 valence electrons. The summed E-state index contributed by atoms with van der Waals surface area (Å²) in [5.74, 6) is -0.169. The number of hydrogen-bond acceptors (Lipinski definition) is 7. The van der Waals surface area contributed by atoms with Crippen molar-refractivity contribution >= 4 is 5.91 Å². The highest BCUT2D eigenvalue weighted by Crippen LogP contribution is 2.46. The van der Waals surface area contributed by atoms with Gasteiger partial charge in [-0.2, -0.15) is 0 Å². The van der Waals surface area contributed by atoms with E-state index < -0.39 is 36.9 Å². The van der Waals surface area contributed by atoms with Crippen molar-refractivity contribution in [3.05, 3.63) is 107 Å². The Bertz CT molecular complexity index is 1460. The van der Waals surface area contributed by atoms with Gasteiger partial charge in [0.1, 0.15) is 42.7 Å². The minimum Gasteiger partial charge on any atom is -0.360 e. The van der Waals surface area contributed by atoms with Gasteiger partial charge in [-0.05, 0) is 53.5 Å². The smallest absolute Gasteiger partial charge is 0.217 e. The number of nitrogens with one attached hydrogen (secondary N) is 1. The van der Waals surface area contributed by atoms with Gasteiger partial charge in [0, 0.05) is 6.92 Å². The normalized spacial score (nSPS) is 32.8. The average Bonchev–Trinajstić information content (AvgIpc) is 3.91. The van der Waals surface area contributed by atoms with E-state index in [0.29, 0.717) is 6.61 Å². The summed E-state index contributed by atoms with van der Waals surface area (Å²) in [6.07, 6.45) is 3.82. The molecule has 1 saturated carbocycles. The first kappa shape index (κ1) is 30.2. The van der Waals surface area contributed by atoms with Gasteiger partial charge in [-0.15, -0.1) is 0 Å². The van der Waals surface area contributed by atoms with Crippen LogP contribution in [0.5, 0.6) is 0 Å². The Hall–Kier alpha value is -3.11. The zero-order chi connectivity index (χ0) is 31.0. The molecule has 2 aliphatic carbocycles. The summed E-state index contributed by atoms with van der Waals surface area (Å²) in [5, 5.41) is 3.19. The Morgan fingerprint density at radius 2 is 1.43 bits per heavy atom. The summed E-state index contributed by atoms with van der Waals surface area (Å²) in [4.78, 5) is 12.8. The van der Waals surface area contributed by atoms with E-state index in [2.05, 4.69) is 66.0 Å². The van der Waals surface area contributed by atoms with E-state index in [0.717, 1.165) is 55.2 Å². The highest BCUT2D eigenvalue weighted by atomic mass is 16.8. The van der Waals surface area contributed by atoms with E-state index in [4.69, 9.17) is 28.4 Å². The summed E-state index contributed by atoms with van der Waals surface area (Å²) in [6, 6.07) is 26.6. The second kappa shape index (κ2) is 13.2. The molecule has 8 nitrogen and oxygen atoms in total. The number of hydrogen-bond donors (Lipinski definition) is 1. The molecule has 0 aromatic heterocycles. The molecule has 5 aliphatic rings. The van der Waals surface area contributed by atoms with Gasteiger partial charge in [-0.1, -0.05) is 98.1 Å². The van der Waals surface area contributed by atoms with Gasteiger partial charge in [-0.3, -0.25) is 4.79 Å². The van der Waals surface area contributed by atoms with Crippen LogP contribution in [0.15, 0.2) is 78.9 Å². The van der Waals surface area contributed by atoms with Crippen LogP contribution in [0.3, 0.4) is 0 Å². The minimum atomic E-state index is -0.701. The van der Waals surface area contributed by atoms with Gasteiger partial charge in [0.15, 0.2) is 12.6 Å². The van der Waals surface area contributed by atoms with Gasteiger partial charge in [-0.25, -0.2) is 0 Å². The minimum absolute atomic E-state index is 0.0659. The first-order valence-electron chi connectivity index (χ1n) is 17.0. The van der Waals surface area contributed by atoms with Crippen molar-refractivity contribution in [3.63, 3.8) is 0 Å². The summed E-state index contributed by atoms with van der Waals surface area (Å²) in [5.41, 5.74) is 5.90. The van der Waals surface area contributed by atoms with E-state index in [1.165, 1.54) is 24.5 Å². The van der Waals surface area contributed by atoms with Crippen LogP contribution in [0, 0.1) is 0 Å². The molecule has 3 aromatic rings. The van der Waals surface area contributed by atoms with Crippen molar-refractivity contribution < 1.29 is 33.2 Å². The standard InChI is InChI=1S/C38H43NO7/c1-23(40)39-31-35(45-33-28-18-10-8-12-24(28)20-21-25-13-9-11-19-29(25)33)34-30(43-37(31)42-27-16-6-3-7-17-27)22-41-38(46-34)36-32(44-36)26-14-4-2-5-15-26/h2,4-5,8-15,18-19,27,30-38H,3,6-7,16-17,20-22H2,1H3,(H,39,40)/t30-,31-,32-,34-,35-,36+,37-,38-/m1/s1. The SMILES string of the molecule is CC(=O)N[C@H]1[C@H](OC2CCCCC2)O[C@@H]2CO[C@@H]([C@H]3O[C@@H]3c3ccccc3)O[C@H]2[C@@H]1OC1c2ccccc2CCc2ccccc21. The van der Waals surface area contributed by atoms with E-state index in [9.17, 15) is 4.79 Å². The molecule has 8 heteroatoms. The maximum absolute atomic E-state index is 12.8. The molecule has 8 rings (SSSR count). The number of benzene rings is 3. The molecular formula is C38H43NO7. The predicted molar refractivity (Wildman–Crippen MR) is 170 cm³/mol. The Morgan fingerprint density at radius 1 is 0.761 bits per heavy atom. The predicted octanol–water partition coefficient (Wildman–Crippen LogP) is 5.72. The van der Waals surface area contributed by atoms with Gasteiger partial charge in [0.05, 0.1) is 12.7 Å². The third-order valence-corrected chi connectivity index (χ3v) is 10.2. The highest BCUT2D eigenvalue weighted by Gasteiger charge is 2.57. The molecule has 3 saturated heterocycles. The largest absolute Gasteiger partial charge is 0.360 e. The van der Waals surface area contributed by atoms with Crippen LogP contribution in [0.1, 0.15) is 79.1 Å². The second-order valence-electron chi connectivity index (χ2n) is 13.3. The zero-order valence-electron chi connectivity index (χ0n) is 26.3. The van der Waals surface area contributed by atoms with Crippen molar-refractivity contribution in [2.45, 2.75) is 113 Å². The Balaban J connectivity index is 1.14. The van der Waals surface area contributed by atoms with Crippen molar-refractivity contribution in [1.82, 2.24) is 5.32 Å². The summed E-state index contributed by atoms with van der Waals surface area (Å²) in [6.45, 7) is 1.85. The topological polar surface area (TPSA) is 87.8 Å². The number of aryl methyl sites for hydroxylation is 2. The van der Waals surface area contributed by atoms with Crippen LogP contribution < -0.4 is 5.32 Å². The van der Waals surface area contributed by atoms with Crippen LogP contribution in [0.25, 0.3) is 0 Å². The first-order valence-corrected chi connectivity index (χ1v) is 17.0. The molecule has 0 unspecified atom stereocenters. The van der Waals surface area contributed by atoms with Crippen LogP contribution in [0.2, 0.25) is 0 Å². The number of amides is 1. The van der Waals surface area contributed by atoms with E-state index >= 15 is 0 Å². The van der Waals surface area contributed by atoms with Crippen molar-refractivity contribution in [2.24, 2.45) is 0 Å². The number of epoxide rings is 1. The zero-order valence-corrected chi connectivity index (χ0v) is 26.3. The monoisotopic (exact) mass is 625 g/mol. The fourth-order valence-electron chi connectivity index (χ4n) is 7.83. The van der Waals surface area contributed by atoms with E-state index in [1.54, 1.807) is 0 Å². The molecule has 1 N–H and O–H groups in total. The van der Waals surface area contributed by atoms with Gasteiger partial charge >= 0.3 is 0 Å². The lowest BCUT2D eigenvalue weighted by molar-refractivity contribution is -0.355. The maximum Gasteiger partial charge on any atom is 0.217 e. The number of fused-ring (bicyclic) bond motifs is 3. The molecule has 3 heterocycles. The van der Waals surface area contributed by atoms with Crippen molar-refractivity contribution in [1.29, 1.82) is 0 Å². The molecule has 4 fully saturated rings. The fraction of sp³-hybridized carbons (Fsp3) is 0.500. The number of rotatable bonds is 7. The summed E-state index contributed by atoms with van der Waals surface area (Å²) >= 11 is 0. The quantitative estimate of drug-likeness (QED) is 0.336. The molecule has 0 bridgehead atoms. The molecule has 3 aliphatic heterocycles. The van der Waals surface area contributed by atoms with Crippen molar-refractivity contribution in [2.75, 3.05) is 6.61 Å². The Labute approximate surface area is 270 Å². The third-order valence-electron chi connectivity index (χ3n) is 10.2. The molecule has 3 aromatic carbocycles. The van der Waals surface area contributed by atoms with Gasteiger partial charge in [0.25, 0.3) is 0 Å². The summed E-state index contributed by atoms with van der Waals surface area (Å²) < 4.78 is 39.8. The molecule has 46 heavy (non-hydrogen) atoms. The molecule has 0 radical (unpaired) electrons. The maximum atomic E-state index is 12.8. The van der Waals surface area contributed by atoms with Crippen LogP contribution >= 0.6 is 0 Å². The molecule has 8 atom stereocenters. The van der Waals surface area contributed by atoms with Crippen LogP contribution in [-0.4, -0.2) is 61.7 Å². The Morgan fingerprint density at radius 3 is 2.13 bits per heavy atom. The molecule has 0 spiro atoms. The lowest BCUT2D eigenvalue weighted by Gasteiger charge is -2.50. The van der Waals surface area contributed by atoms with E-state index in [1.807, 2.05) is 18.2 Å². The second-order valence-corrected chi connectivity index (χ2v) is 13.3. The Kier molecular flexibility index (Phi) is 8.67. The molecule has 1 amide bonds. The van der Waals surface area contributed by atoms with Crippen molar-refractivity contribution in [3.8, 4) is 0 Å². The van der Waals surface area contributed by atoms with Crippen LogP contribution in [-0.2, 0) is 46.1 Å². The summed E-state index contributed by atoms with van der Waals surface area (Å²) in [7, 11) is 0. The average molecular weight is 626 g/mol. The fourth-order valence-corrected chi connectivity index (χ4v) is 7.83. The number of carbonyl (C=O) groups excluding carboxylic acids is 1. The highest BCUT2D eigenvalue weighted by molar-refractivity contribution is 5.73. The number of ether oxygens (including phenoxy) is 6. The number of carbonyl (C=O) groups is 1.